The number of carboxylic acids is 1. The number of aliphatic carboxylic acids is 1. The molecule has 0 saturated heterocycles. The molecule has 14 N–H and O–H groups in total. The fourth-order valence-corrected chi connectivity index (χ4v) is 3.78. The minimum absolute atomic E-state index is 0.0125. The summed E-state index contributed by atoms with van der Waals surface area (Å²) in [5.41, 5.74) is 22.6. The summed E-state index contributed by atoms with van der Waals surface area (Å²) >= 11 is 0. The Morgan fingerprint density at radius 1 is 0.905 bits per heavy atom. The van der Waals surface area contributed by atoms with E-state index >= 15 is 0 Å². The van der Waals surface area contributed by atoms with Crippen molar-refractivity contribution in [3.05, 3.63) is 48.0 Å². The van der Waals surface area contributed by atoms with Gasteiger partial charge in [0.1, 0.15) is 23.9 Å². The van der Waals surface area contributed by atoms with E-state index in [1.54, 1.807) is 0 Å². The number of nitrogens with two attached hydrogens (primary N) is 4. The van der Waals surface area contributed by atoms with Crippen LogP contribution in [0.1, 0.15) is 30.5 Å². The minimum atomic E-state index is -1.48. The number of nitrogens with one attached hydrogen (secondary N) is 4. The Hall–Kier alpha value is -5.19. The second-order valence-corrected chi connectivity index (χ2v) is 9.40. The Kier molecular flexibility index (Phi) is 12.7. The summed E-state index contributed by atoms with van der Waals surface area (Å²) in [4.78, 5) is 73.1. The highest BCUT2D eigenvalue weighted by Gasteiger charge is 2.31. The van der Waals surface area contributed by atoms with Gasteiger partial charge in [0, 0.05) is 31.3 Å². The summed E-state index contributed by atoms with van der Waals surface area (Å²) in [7, 11) is 0. The van der Waals surface area contributed by atoms with Crippen molar-refractivity contribution in [1.82, 2.24) is 25.9 Å². The number of amides is 4. The van der Waals surface area contributed by atoms with Crippen LogP contribution in [-0.4, -0.2) is 86.5 Å². The molecule has 0 aliphatic rings. The molecule has 0 aliphatic heterocycles. The summed E-state index contributed by atoms with van der Waals surface area (Å²) in [6.07, 6.45) is 2.42. The van der Waals surface area contributed by atoms with Gasteiger partial charge in [-0.05, 0) is 30.5 Å². The van der Waals surface area contributed by atoms with Crippen molar-refractivity contribution in [1.29, 1.82) is 0 Å². The lowest BCUT2D eigenvalue weighted by Gasteiger charge is -2.24. The summed E-state index contributed by atoms with van der Waals surface area (Å²) in [6.45, 7) is 0.225. The van der Waals surface area contributed by atoms with Crippen molar-refractivity contribution < 1.29 is 34.2 Å². The monoisotopic (exact) mass is 588 g/mol. The van der Waals surface area contributed by atoms with Crippen LogP contribution >= 0.6 is 0 Å². The number of H-pyrrole nitrogens is 1. The van der Waals surface area contributed by atoms with Gasteiger partial charge in [-0.3, -0.25) is 24.2 Å². The van der Waals surface area contributed by atoms with Crippen LogP contribution in [0.5, 0.6) is 5.75 Å². The summed E-state index contributed by atoms with van der Waals surface area (Å²) in [5, 5.41) is 26.4. The maximum atomic E-state index is 13.2. The van der Waals surface area contributed by atoms with Crippen LogP contribution in [0.25, 0.3) is 0 Å². The topological polar surface area (TPSA) is 307 Å². The van der Waals surface area contributed by atoms with E-state index in [2.05, 4.69) is 30.9 Å². The van der Waals surface area contributed by atoms with Gasteiger partial charge in [0.15, 0.2) is 5.96 Å². The van der Waals surface area contributed by atoms with Crippen molar-refractivity contribution in [3.63, 3.8) is 0 Å². The number of nitrogens with zero attached hydrogens (tertiary/aromatic N) is 2. The van der Waals surface area contributed by atoms with Gasteiger partial charge in [0.25, 0.3) is 0 Å². The van der Waals surface area contributed by atoms with Crippen molar-refractivity contribution in [3.8, 4) is 5.75 Å². The first kappa shape index (κ1) is 33.0. The fraction of sp³-hybridized carbons (Fsp3) is 0.400. The molecule has 0 radical (unpaired) electrons. The number of aromatic hydroxyl groups is 1. The van der Waals surface area contributed by atoms with E-state index in [0.717, 1.165) is 0 Å². The second-order valence-electron chi connectivity index (χ2n) is 9.40. The highest BCUT2D eigenvalue weighted by Crippen LogP contribution is 2.12. The lowest BCUT2D eigenvalue weighted by atomic mass is 10.0. The number of carbonyl (C=O) groups excluding carboxylic acids is 4. The molecule has 2 aromatic rings. The molecule has 1 heterocycles. The molecule has 0 aliphatic carbocycles. The third-order valence-corrected chi connectivity index (χ3v) is 5.95. The molecule has 0 fully saturated rings. The van der Waals surface area contributed by atoms with Crippen molar-refractivity contribution in [2.45, 2.75) is 56.3 Å². The Bertz CT molecular complexity index is 1250. The Morgan fingerprint density at radius 3 is 2.10 bits per heavy atom. The lowest BCUT2D eigenvalue weighted by Crippen LogP contribution is -2.58. The average molecular weight is 589 g/mol. The minimum Gasteiger partial charge on any atom is -0.508 e. The van der Waals surface area contributed by atoms with Crippen molar-refractivity contribution >= 4 is 35.6 Å². The predicted molar refractivity (Wildman–Crippen MR) is 149 cm³/mol. The molecule has 2 rings (SSSR count). The number of phenolic OH excluding ortho intramolecular Hbond substituents is 1. The largest absolute Gasteiger partial charge is 0.508 e. The van der Waals surface area contributed by atoms with Crippen molar-refractivity contribution in [2.24, 2.45) is 27.9 Å². The van der Waals surface area contributed by atoms with Gasteiger partial charge in [0.2, 0.25) is 23.6 Å². The summed E-state index contributed by atoms with van der Waals surface area (Å²) in [5.74, 6) is -4.92. The molecule has 1 aromatic heterocycles. The third kappa shape index (κ3) is 11.5. The van der Waals surface area contributed by atoms with E-state index < -0.39 is 60.2 Å². The van der Waals surface area contributed by atoms with Gasteiger partial charge in [-0.15, -0.1) is 0 Å². The first-order chi connectivity index (χ1) is 19.8. The van der Waals surface area contributed by atoms with E-state index in [0.29, 0.717) is 17.7 Å². The number of carboxylic acid groups (broad SMARTS) is 1. The SMILES string of the molecule is NC(=O)CC(NC(=O)C(N)CCCN=C(N)N)C(=O)NC(Cc1cnc[nH]1)C(=O)NC(Cc1ccc(O)cc1)C(=O)O. The summed E-state index contributed by atoms with van der Waals surface area (Å²) in [6, 6.07) is 0.474. The molecule has 228 valence electrons. The molecular formula is C25H36N10O7. The Balaban J connectivity index is 2.16. The Labute approximate surface area is 240 Å². The molecule has 17 nitrogen and oxygen atoms in total. The van der Waals surface area contributed by atoms with Crippen LogP contribution < -0.4 is 38.9 Å². The highest BCUT2D eigenvalue weighted by atomic mass is 16.4. The predicted octanol–water partition coefficient (Wildman–Crippen LogP) is -3.30. The molecule has 4 amide bonds. The molecule has 0 spiro atoms. The lowest BCUT2D eigenvalue weighted by molar-refractivity contribution is -0.142. The summed E-state index contributed by atoms with van der Waals surface area (Å²) < 4.78 is 0. The van der Waals surface area contributed by atoms with Crippen LogP contribution in [0.3, 0.4) is 0 Å². The van der Waals surface area contributed by atoms with E-state index in [-0.39, 0.29) is 37.5 Å². The molecule has 17 heteroatoms. The van der Waals surface area contributed by atoms with Crippen molar-refractivity contribution in [2.75, 3.05) is 6.54 Å². The van der Waals surface area contributed by atoms with Gasteiger partial charge in [-0.2, -0.15) is 0 Å². The Morgan fingerprint density at radius 2 is 1.52 bits per heavy atom. The number of rotatable bonds is 17. The number of primary amides is 1. The van der Waals surface area contributed by atoms with Crippen LogP contribution in [0, 0.1) is 0 Å². The number of guanidine groups is 1. The average Bonchev–Trinajstić information content (AvgIpc) is 3.43. The van der Waals surface area contributed by atoms with Gasteiger partial charge in [-0.25, -0.2) is 9.78 Å². The number of hydrogen-bond donors (Lipinski definition) is 10. The van der Waals surface area contributed by atoms with Gasteiger partial charge < -0.3 is 54.1 Å². The van der Waals surface area contributed by atoms with E-state index in [1.165, 1.54) is 36.8 Å². The molecular weight excluding hydrogens is 552 g/mol. The molecule has 42 heavy (non-hydrogen) atoms. The quantitative estimate of drug-likeness (QED) is 0.0495. The van der Waals surface area contributed by atoms with Crippen LogP contribution in [0.2, 0.25) is 0 Å². The zero-order valence-corrected chi connectivity index (χ0v) is 22.7. The van der Waals surface area contributed by atoms with E-state index in [9.17, 15) is 34.2 Å². The zero-order chi connectivity index (χ0) is 31.2. The second kappa shape index (κ2) is 16.2. The molecule has 1 aromatic carbocycles. The number of benzene rings is 1. The molecule has 4 unspecified atom stereocenters. The molecule has 4 atom stereocenters. The fourth-order valence-electron chi connectivity index (χ4n) is 3.78. The maximum Gasteiger partial charge on any atom is 0.326 e. The molecule has 0 bridgehead atoms. The third-order valence-electron chi connectivity index (χ3n) is 5.95. The first-order valence-corrected chi connectivity index (χ1v) is 12.8. The normalized spacial score (nSPS) is 13.5. The number of aromatic amines is 1. The number of aromatic nitrogens is 2. The smallest absolute Gasteiger partial charge is 0.326 e. The van der Waals surface area contributed by atoms with Crippen LogP contribution in [0.15, 0.2) is 41.8 Å². The number of carbonyl (C=O) groups is 5. The van der Waals surface area contributed by atoms with E-state index in [4.69, 9.17) is 22.9 Å². The maximum absolute atomic E-state index is 13.2. The van der Waals surface area contributed by atoms with Gasteiger partial charge in [-0.1, -0.05) is 12.1 Å². The highest BCUT2D eigenvalue weighted by molar-refractivity contribution is 5.96. The molecule has 0 saturated carbocycles. The van der Waals surface area contributed by atoms with Gasteiger partial charge >= 0.3 is 5.97 Å². The van der Waals surface area contributed by atoms with E-state index in [1.807, 2.05) is 0 Å². The number of aliphatic imine (C=N–C) groups is 1. The number of hydrogen-bond acceptors (Lipinski definition) is 9. The van der Waals surface area contributed by atoms with Crippen LogP contribution in [-0.2, 0) is 36.8 Å². The van der Waals surface area contributed by atoms with Crippen LogP contribution in [0.4, 0.5) is 0 Å². The first-order valence-electron chi connectivity index (χ1n) is 12.8. The number of imidazole rings is 1. The van der Waals surface area contributed by atoms with Gasteiger partial charge in [0.05, 0.1) is 18.8 Å². The zero-order valence-electron chi connectivity index (χ0n) is 22.7. The number of phenols is 1. The standard InChI is InChI=1S/C25H36N10O7/c26-16(2-1-7-31-25(28)29)21(38)33-18(10-20(27)37)23(40)34-17(9-14-11-30-12-32-14)22(39)35-19(24(41)42)8-13-3-5-15(36)6-4-13/h3-6,11-12,16-19,36H,1-2,7-10,26H2,(H2,27,37)(H,30,32)(H,33,38)(H,34,40)(H,35,39)(H,41,42)(H4,28,29,31).